The molecule has 2 aromatic rings. The van der Waals surface area contributed by atoms with Crippen LogP contribution in [0, 0.1) is 39.9 Å². The molecule has 8 fully saturated rings. The van der Waals surface area contributed by atoms with Crippen LogP contribution in [0.1, 0.15) is 82.9 Å². The van der Waals surface area contributed by atoms with Gasteiger partial charge >= 0.3 is 5.97 Å². The molecule has 0 amide bonds. The van der Waals surface area contributed by atoms with Gasteiger partial charge < -0.3 is 9.52 Å². The number of hydrogen-bond donors (Lipinski definition) is 1. The number of para-hydroxylation sites is 2. The van der Waals surface area contributed by atoms with Gasteiger partial charge in [-0.1, -0.05) is 12.1 Å². The van der Waals surface area contributed by atoms with Gasteiger partial charge in [0.1, 0.15) is 5.52 Å². The largest absolute Gasteiger partial charge is 0.481 e. The van der Waals surface area contributed by atoms with Crippen LogP contribution in [-0.4, -0.2) is 16.1 Å². The lowest BCUT2D eigenvalue weighted by Crippen LogP contribution is -2.66. The zero-order chi connectivity index (χ0) is 21.3. The SMILES string of the molecule is O=C(O)C12CC3CC(C1)CC(C14CC5CC(CC(c6nc7ccccc7o6)(C5)C1)C4)(C3)C2. The van der Waals surface area contributed by atoms with Crippen molar-refractivity contribution in [3.05, 3.63) is 30.2 Å². The molecule has 1 aromatic heterocycles. The minimum absolute atomic E-state index is 0.0722. The molecule has 0 aliphatic heterocycles. The Morgan fingerprint density at radius 2 is 1.44 bits per heavy atom. The van der Waals surface area contributed by atoms with Gasteiger partial charge in [0.05, 0.1) is 5.41 Å². The number of carboxylic acid groups (broad SMARTS) is 1. The third-order valence-electron chi connectivity index (χ3n) is 11.4. The van der Waals surface area contributed by atoms with Crippen LogP contribution in [0.5, 0.6) is 0 Å². The van der Waals surface area contributed by atoms with Crippen LogP contribution in [0.15, 0.2) is 28.7 Å². The molecule has 8 aliphatic rings. The van der Waals surface area contributed by atoms with Crippen LogP contribution >= 0.6 is 0 Å². The zero-order valence-electron chi connectivity index (χ0n) is 18.8. The van der Waals surface area contributed by atoms with Crippen molar-refractivity contribution in [2.45, 2.75) is 82.5 Å². The van der Waals surface area contributed by atoms with Gasteiger partial charge in [0.25, 0.3) is 0 Å². The number of hydrogen-bond acceptors (Lipinski definition) is 3. The van der Waals surface area contributed by atoms with Crippen LogP contribution < -0.4 is 0 Å². The van der Waals surface area contributed by atoms with Crippen molar-refractivity contribution in [1.82, 2.24) is 4.98 Å². The summed E-state index contributed by atoms with van der Waals surface area (Å²) in [6, 6.07) is 8.22. The molecule has 0 saturated heterocycles. The Labute approximate surface area is 189 Å². The normalized spacial score (nSPS) is 50.4. The van der Waals surface area contributed by atoms with Crippen molar-refractivity contribution >= 4 is 17.1 Å². The molecule has 1 aromatic carbocycles. The van der Waals surface area contributed by atoms with Gasteiger partial charge in [0, 0.05) is 5.41 Å². The van der Waals surface area contributed by atoms with E-state index in [-0.39, 0.29) is 10.8 Å². The van der Waals surface area contributed by atoms with E-state index in [0.717, 1.165) is 48.1 Å². The first-order valence-corrected chi connectivity index (χ1v) is 13.0. The summed E-state index contributed by atoms with van der Waals surface area (Å²) in [5.74, 6) is 3.31. The summed E-state index contributed by atoms with van der Waals surface area (Å²) >= 11 is 0. The van der Waals surface area contributed by atoms with E-state index < -0.39 is 11.4 Å². The molecule has 4 unspecified atom stereocenters. The molecule has 10 rings (SSSR count). The molecule has 168 valence electrons. The summed E-state index contributed by atoms with van der Waals surface area (Å²) in [5.41, 5.74) is 2.10. The molecular formula is C28H33NO3. The summed E-state index contributed by atoms with van der Waals surface area (Å²) in [7, 11) is 0. The second kappa shape index (κ2) is 5.62. The second-order valence-electron chi connectivity index (χ2n) is 13.3. The van der Waals surface area contributed by atoms with Gasteiger partial charge in [0.15, 0.2) is 5.58 Å². The number of aliphatic carboxylic acids is 1. The van der Waals surface area contributed by atoms with E-state index in [1.165, 1.54) is 57.8 Å². The van der Waals surface area contributed by atoms with Crippen molar-refractivity contribution in [3.63, 3.8) is 0 Å². The van der Waals surface area contributed by atoms with Crippen molar-refractivity contribution < 1.29 is 14.3 Å². The zero-order valence-corrected chi connectivity index (χ0v) is 18.8. The van der Waals surface area contributed by atoms with Crippen LogP contribution in [0.25, 0.3) is 11.1 Å². The van der Waals surface area contributed by atoms with E-state index >= 15 is 0 Å². The molecule has 1 heterocycles. The number of rotatable bonds is 3. The molecule has 32 heavy (non-hydrogen) atoms. The molecular weight excluding hydrogens is 398 g/mol. The number of nitrogens with zero attached hydrogens (tertiary/aromatic N) is 1. The van der Waals surface area contributed by atoms with E-state index in [0.29, 0.717) is 17.3 Å². The number of fused-ring (bicyclic) bond motifs is 1. The van der Waals surface area contributed by atoms with Gasteiger partial charge in [0.2, 0.25) is 5.89 Å². The summed E-state index contributed by atoms with van der Waals surface area (Å²) < 4.78 is 6.47. The quantitative estimate of drug-likeness (QED) is 0.616. The Kier molecular flexibility index (Phi) is 3.26. The number of benzene rings is 1. The average molecular weight is 432 g/mol. The van der Waals surface area contributed by atoms with Gasteiger partial charge in [-0.05, 0) is 124 Å². The lowest BCUT2D eigenvalue weighted by atomic mass is 9.31. The fourth-order valence-electron chi connectivity index (χ4n) is 11.4. The predicted molar refractivity (Wildman–Crippen MR) is 120 cm³/mol. The Balaban J connectivity index is 1.26. The summed E-state index contributed by atoms with van der Waals surface area (Å²) in [5, 5.41) is 10.4. The lowest BCUT2D eigenvalue weighted by Gasteiger charge is -2.73. The highest BCUT2D eigenvalue weighted by Crippen LogP contribution is 2.78. The van der Waals surface area contributed by atoms with Crippen LogP contribution in [0.3, 0.4) is 0 Å². The number of carbonyl (C=O) groups is 1. The van der Waals surface area contributed by atoms with Crippen molar-refractivity contribution in [1.29, 1.82) is 0 Å². The van der Waals surface area contributed by atoms with Crippen LogP contribution in [-0.2, 0) is 10.2 Å². The average Bonchev–Trinajstić information content (AvgIpc) is 3.17. The third kappa shape index (κ3) is 2.16. The third-order valence-corrected chi connectivity index (χ3v) is 11.4. The fraction of sp³-hybridized carbons (Fsp3) is 0.714. The van der Waals surface area contributed by atoms with E-state index in [4.69, 9.17) is 9.40 Å². The first-order chi connectivity index (χ1) is 15.4. The molecule has 4 atom stereocenters. The Bertz CT molecular complexity index is 1090. The second-order valence-corrected chi connectivity index (χ2v) is 13.3. The number of aromatic nitrogens is 1. The molecule has 8 bridgehead atoms. The molecule has 8 aliphatic carbocycles. The van der Waals surface area contributed by atoms with Crippen molar-refractivity contribution in [2.24, 2.45) is 39.9 Å². The van der Waals surface area contributed by atoms with E-state index in [9.17, 15) is 9.90 Å². The van der Waals surface area contributed by atoms with Crippen molar-refractivity contribution in [2.75, 3.05) is 0 Å². The molecule has 4 heteroatoms. The first kappa shape index (κ1) is 18.6. The summed E-state index contributed by atoms with van der Waals surface area (Å²) in [6.45, 7) is 0. The standard InChI is InChI=1S/C28H33NO3/c30-24(31)26-9-19-6-20(10-26)14-28(13-19,16-26)27-11-17-5-18(12-27)8-25(7-17,15-27)23-29-21-3-1-2-4-22(21)32-23/h1-4,17-20H,5-16H2,(H,30,31). The lowest BCUT2D eigenvalue weighted by molar-refractivity contribution is -0.231. The Morgan fingerprint density at radius 1 is 0.844 bits per heavy atom. The van der Waals surface area contributed by atoms with Gasteiger partial charge in [-0.25, -0.2) is 4.98 Å². The monoisotopic (exact) mass is 431 g/mol. The van der Waals surface area contributed by atoms with E-state index in [1.807, 2.05) is 6.07 Å². The molecule has 0 spiro atoms. The fourth-order valence-corrected chi connectivity index (χ4v) is 11.4. The Morgan fingerprint density at radius 3 is 2.06 bits per heavy atom. The van der Waals surface area contributed by atoms with E-state index in [2.05, 4.69) is 18.2 Å². The summed E-state index contributed by atoms with van der Waals surface area (Å²) in [4.78, 5) is 17.6. The van der Waals surface area contributed by atoms with Gasteiger partial charge in [-0.3, -0.25) is 4.79 Å². The molecule has 1 N–H and O–H groups in total. The van der Waals surface area contributed by atoms with Crippen molar-refractivity contribution in [3.8, 4) is 0 Å². The van der Waals surface area contributed by atoms with E-state index in [1.54, 1.807) is 0 Å². The topological polar surface area (TPSA) is 63.3 Å². The minimum Gasteiger partial charge on any atom is -0.481 e. The Hall–Kier alpha value is -1.84. The van der Waals surface area contributed by atoms with Crippen LogP contribution in [0.2, 0.25) is 0 Å². The maximum Gasteiger partial charge on any atom is 0.309 e. The maximum atomic E-state index is 12.6. The first-order valence-electron chi connectivity index (χ1n) is 13.0. The minimum atomic E-state index is -0.491. The highest BCUT2D eigenvalue weighted by Gasteiger charge is 2.71. The smallest absolute Gasteiger partial charge is 0.309 e. The number of oxazole rings is 1. The predicted octanol–water partition coefficient (Wildman–Crippen LogP) is 6.34. The molecule has 0 radical (unpaired) electrons. The highest BCUT2D eigenvalue weighted by atomic mass is 16.4. The van der Waals surface area contributed by atoms with Gasteiger partial charge in [-0.15, -0.1) is 0 Å². The summed E-state index contributed by atoms with van der Waals surface area (Å²) in [6.07, 6.45) is 14.4. The highest BCUT2D eigenvalue weighted by molar-refractivity contribution is 5.75. The van der Waals surface area contributed by atoms with Crippen LogP contribution in [0.4, 0.5) is 0 Å². The number of carboxylic acids is 1. The van der Waals surface area contributed by atoms with Gasteiger partial charge in [-0.2, -0.15) is 0 Å². The maximum absolute atomic E-state index is 12.6. The molecule has 4 nitrogen and oxygen atoms in total. The molecule has 8 saturated carbocycles.